The molecule has 118 valence electrons. The van der Waals surface area contributed by atoms with Gasteiger partial charge in [-0.15, -0.1) is 0 Å². The van der Waals surface area contributed by atoms with Gasteiger partial charge in [0.05, 0.1) is 11.5 Å². The molecule has 2 aliphatic rings. The lowest BCUT2D eigenvalue weighted by molar-refractivity contribution is 0.125. The van der Waals surface area contributed by atoms with E-state index in [-0.39, 0.29) is 11.5 Å². The van der Waals surface area contributed by atoms with Crippen molar-refractivity contribution in [2.45, 2.75) is 58.5 Å². The molecule has 0 aromatic rings. The van der Waals surface area contributed by atoms with E-state index in [4.69, 9.17) is 0 Å². The van der Waals surface area contributed by atoms with Crippen molar-refractivity contribution in [2.24, 2.45) is 5.41 Å². The lowest BCUT2D eigenvalue weighted by Gasteiger charge is -2.40. The fourth-order valence-corrected chi connectivity index (χ4v) is 4.89. The largest absolute Gasteiger partial charge is 0.313 e. The molecular weight excluding hydrogens is 272 g/mol. The van der Waals surface area contributed by atoms with Crippen LogP contribution in [0.3, 0.4) is 0 Å². The summed E-state index contributed by atoms with van der Waals surface area (Å²) in [5.41, 5.74) is 0.257. The minimum atomic E-state index is -2.81. The number of hydrogen-bond donors (Lipinski definition) is 1. The summed E-state index contributed by atoms with van der Waals surface area (Å²) in [6, 6.07) is 0.899. The second-order valence-corrected chi connectivity index (χ2v) is 9.38. The molecule has 0 bridgehead atoms. The maximum atomic E-state index is 11.7. The quantitative estimate of drug-likeness (QED) is 0.777. The second kappa shape index (κ2) is 6.32. The Kier molecular flexibility index (Phi) is 5.14. The molecule has 1 N–H and O–H groups in total. The van der Waals surface area contributed by atoms with E-state index in [0.717, 1.165) is 19.1 Å². The van der Waals surface area contributed by atoms with Crippen LogP contribution in [0.15, 0.2) is 0 Å². The predicted molar refractivity (Wildman–Crippen MR) is 83.7 cm³/mol. The van der Waals surface area contributed by atoms with Crippen molar-refractivity contribution in [1.29, 1.82) is 0 Å². The highest BCUT2D eigenvalue weighted by atomic mass is 32.2. The van der Waals surface area contributed by atoms with E-state index in [9.17, 15) is 8.42 Å². The van der Waals surface area contributed by atoms with E-state index in [1.807, 2.05) is 0 Å². The van der Waals surface area contributed by atoms with Gasteiger partial charge in [-0.1, -0.05) is 20.3 Å². The molecule has 0 amide bonds. The first-order valence-corrected chi connectivity index (χ1v) is 9.83. The van der Waals surface area contributed by atoms with Gasteiger partial charge in [0.1, 0.15) is 0 Å². The van der Waals surface area contributed by atoms with Gasteiger partial charge in [0.15, 0.2) is 9.84 Å². The Morgan fingerprint density at radius 2 is 2.05 bits per heavy atom. The van der Waals surface area contributed by atoms with Crippen LogP contribution < -0.4 is 5.32 Å². The topological polar surface area (TPSA) is 49.4 Å². The molecule has 0 aromatic carbocycles. The first kappa shape index (κ1) is 16.2. The molecule has 5 heteroatoms. The average Bonchev–Trinajstić information content (AvgIpc) is 3.14. The van der Waals surface area contributed by atoms with Gasteiger partial charge in [-0.2, -0.15) is 0 Å². The molecule has 1 saturated carbocycles. The summed E-state index contributed by atoms with van der Waals surface area (Å²) in [5, 5.41) is 3.66. The minimum absolute atomic E-state index is 0.158. The number of nitrogens with zero attached hydrogens (tertiary/aromatic N) is 1. The molecule has 1 heterocycles. The fourth-order valence-electron chi connectivity index (χ4n) is 3.26. The van der Waals surface area contributed by atoms with Crippen LogP contribution in [0, 0.1) is 5.41 Å². The van der Waals surface area contributed by atoms with E-state index < -0.39 is 9.84 Å². The summed E-state index contributed by atoms with van der Waals surface area (Å²) in [6.07, 6.45) is 5.02. The van der Waals surface area contributed by atoms with Crippen LogP contribution in [0.2, 0.25) is 0 Å². The Morgan fingerprint density at radius 3 is 2.60 bits per heavy atom. The average molecular weight is 302 g/mol. The smallest absolute Gasteiger partial charge is 0.153 e. The monoisotopic (exact) mass is 302 g/mol. The Bertz CT molecular complexity index is 420. The Hall–Kier alpha value is -0.130. The van der Waals surface area contributed by atoms with Gasteiger partial charge in [-0.05, 0) is 31.6 Å². The highest BCUT2D eigenvalue weighted by molar-refractivity contribution is 7.91. The van der Waals surface area contributed by atoms with E-state index >= 15 is 0 Å². The molecule has 2 fully saturated rings. The normalized spacial score (nSPS) is 30.1. The van der Waals surface area contributed by atoms with Crippen LogP contribution in [-0.2, 0) is 9.84 Å². The maximum absolute atomic E-state index is 11.7. The molecule has 4 nitrogen and oxygen atoms in total. The summed E-state index contributed by atoms with van der Waals surface area (Å²) < 4.78 is 23.4. The first-order chi connectivity index (χ1) is 9.34. The molecular formula is C15H30N2O2S. The number of hydrogen-bond acceptors (Lipinski definition) is 4. The molecule has 2 atom stereocenters. The lowest BCUT2D eigenvalue weighted by atomic mass is 9.84. The third-order valence-electron chi connectivity index (χ3n) is 4.64. The van der Waals surface area contributed by atoms with Crippen molar-refractivity contribution in [3.8, 4) is 0 Å². The Balaban J connectivity index is 1.92. The highest BCUT2D eigenvalue weighted by Crippen LogP contribution is 2.28. The van der Waals surface area contributed by atoms with Crippen LogP contribution in [0.4, 0.5) is 0 Å². The van der Waals surface area contributed by atoms with Gasteiger partial charge in [-0.25, -0.2) is 8.42 Å². The summed E-state index contributed by atoms with van der Waals surface area (Å²) in [4.78, 5) is 2.38. The van der Waals surface area contributed by atoms with Gasteiger partial charge in [0, 0.05) is 31.7 Å². The summed E-state index contributed by atoms with van der Waals surface area (Å²) in [6.45, 7) is 9.41. The number of sulfone groups is 1. The Morgan fingerprint density at radius 1 is 1.35 bits per heavy atom. The predicted octanol–water partition coefficient (Wildman–Crippen LogP) is 1.66. The molecule has 1 aliphatic carbocycles. The Labute approximate surface area is 124 Å². The molecule has 0 radical (unpaired) electrons. The van der Waals surface area contributed by atoms with Crippen molar-refractivity contribution in [3.63, 3.8) is 0 Å². The molecule has 2 unspecified atom stereocenters. The standard InChI is InChI=1S/C15H30N2O2S/c1-4-7-15(3,11-16-14-5-6-14)12-17-8-9-20(18,19)10-13(17)2/h13-14,16H,4-12H2,1-3H3. The van der Waals surface area contributed by atoms with E-state index in [2.05, 4.69) is 31.0 Å². The third kappa shape index (κ3) is 4.71. The van der Waals surface area contributed by atoms with Gasteiger partial charge in [0.25, 0.3) is 0 Å². The second-order valence-electron chi connectivity index (χ2n) is 7.15. The van der Waals surface area contributed by atoms with E-state index in [0.29, 0.717) is 18.1 Å². The van der Waals surface area contributed by atoms with E-state index in [1.54, 1.807) is 0 Å². The van der Waals surface area contributed by atoms with Crippen molar-refractivity contribution < 1.29 is 8.42 Å². The zero-order valence-corrected chi connectivity index (χ0v) is 14.0. The molecule has 0 aromatic heterocycles. The minimum Gasteiger partial charge on any atom is -0.313 e. The van der Waals surface area contributed by atoms with Crippen molar-refractivity contribution in [1.82, 2.24) is 10.2 Å². The van der Waals surface area contributed by atoms with Crippen LogP contribution in [0.25, 0.3) is 0 Å². The van der Waals surface area contributed by atoms with Crippen LogP contribution >= 0.6 is 0 Å². The molecule has 0 spiro atoms. The zero-order chi connectivity index (χ0) is 14.8. The van der Waals surface area contributed by atoms with Gasteiger partial charge >= 0.3 is 0 Å². The summed E-state index contributed by atoms with van der Waals surface area (Å²) in [5.74, 6) is 0.654. The van der Waals surface area contributed by atoms with E-state index in [1.165, 1.54) is 25.7 Å². The third-order valence-corrected chi connectivity index (χ3v) is 6.44. The summed E-state index contributed by atoms with van der Waals surface area (Å²) in [7, 11) is -2.81. The van der Waals surface area contributed by atoms with Gasteiger partial charge < -0.3 is 5.32 Å². The maximum Gasteiger partial charge on any atom is 0.153 e. The summed E-state index contributed by atoms with van der Waals surface area (Å²) >= 11 is 0. The number of rotatable bonds is 7. The molecule has 1 aliphatic heterocycles. The van der Waals surface area contributed by atoms with Crippen LogP contribution in [0.5, 0.6) is 0 Å². The van der Waals surface area contributed by atoms with Crippen molar-refractivity contribution in [2.75, 3.05) is 31.1 Å². The van der Waals surface area contributed by atoms with Crippen molar-refractivity contribution in [3.05, 3.63) is 0 Å². The van der Waals surface area contributed by atoms with Gasteiger partial charge in [-0.3, -0.25) is 4.90 Å². The molecule has 1 saturated heterocycles. The SMILES string of the molecule is CCCC(C)(CNC1CC1)CN1CCS(=O)(=O)CC1C. The molecule has 2 rings (SSSR count). The molecule has 20 heavy (non-hydrogen) atoms. The van der Waals surface area contributed by atoms with Crippen molar-refractivity contribution >= 4 is 9.84 Å². The first-order valence-electron chi connectivity index (χ1n) is 8.01. The van der Waals surface area contributed by atoms with Gasteiger partial charge in [0.2, 0.25) is 0 Å². The fraction of sp³-hybridized carbons (Fsp3) is 1.00. The zero-order valence-electron chi connectivity index (χ0n) is 13.2. The highest BCUT2D eigenvalue weighted by Gasteiger charge is 2.34. The lowest BCUT2D eigenvalue weighted by Crippen LogP contribution is -2.52. The van der Waals surface area contributed by atoms with Crippen LogP contribution in [-0.4, -0.2) is 56.5 Å². The van der Waals surface area contributed by atoms with Crippen LogP contribution in [0.1, 0.15) is 46.5 Å². The number of nitrogens with one attached hydrogen (secondary N) is 1.